The van der Waals surface area contributed by atoms with E-state index in [9.17, 15) is 19.2 Å². The van der Waals surface area contributed by atoms with Crippen molar-refractivity contribution in [2.75, 3.05) is 53.8 Å². The van der Waals surface area contributed by atoms with E-state index in [4.69, 9.17) is 37.9 Å². The van der Waals surface area contributed by atoms with Crippen molar-refractivity contribution in [3.8, 4) is 46.0 Å². The smallest absolute Gasteiger partial charge is 0.328 e. The summed E-state index contributed by atoms with van der Waals surface area (Å²) in [6, 6.07) is 90.7. The molecule has 0 bridgehead atoms. The minimum absolute atomic E-state index is 0.0889. The van der Waals surface area contributed by atoms with E-state index in [1.165, 1.54) is 19.6 Å². The lowest BCUT2D eigenvalue weighted by Crippen LogP contribution is -2.49. The van der Waals surface area contributed by atoms with Gasteiger partial charge in [0.05, 0.1) is 0 Å². The number of fused-ring (bicyclic) bond motifs is 6. The number of hydrogen-bond donors (Lipinski definition) is 0. The van der Waals surface area contributed by atoms with Crippen molar-refractivity contribution >= 4 is 67.2 Å². The van der Waals surface area contributed by atoms with Gasteiger partial charge in [-0.25, -0.2) is 19.2 Å². The zero-order valence-corrected chi connectivity index (χ0v) is 54.2. The Morgan fingerprint density at radius 2 is 0.340 bits per heavy atom. The summed E-state index contributed by atoms with van der Waals surface area (Å²) in [6.07, 6.45) is -3.12. The molecule has 4 aliphatic rings. The quantitative estimate of drug-likeness (QED) is 0.0562. The van der Waals surface area contributed by atoms with Crippen molar-refractivity contribution in [2.45, 2.75) is 24.7 Å². The molecule has 0 aromatic heterocycles. The van der Waals surface area contributed by atoms with Crippen LogP contribution in [0.1, 0.15) is 0 Å². The van der Waals surface area contributed by atoms with Crippen molar-refractivity contribution in [3.05, 3.63) is 291 Å². The first kappa shape index (κ1) is 63.2. The van der Waals surface area contributed by atoms with Crippen LogP contribution in [0.25, 0.3) is 43.1 Å². The molecule has 0 radical (unpaired) electrons. The number of urea groups is 4. The first-order valence-corrected chi connectivity index (χ1v) is 32.7. The van der Waals surface area contributed by atoms with Crippen molar-refractivity contribution in [3.63, 3.8) is 0 Å². The molecular weight excluding hydrogens is 1260 g/mol. The molecule has 20 nitrogen and oxygen atoms in total. The second-order valence-electron chi connectivity index (χ2n) is 24.0. The summed E-state index contributed by atoms with van der Waals surface area (Å²) >= 11 is 0. The van der Waals surface area contributed by atoms with Gasteiger partial charge in [0, 0.05) is 0 Å². The molecule has 0 atom stereocenters. The van der Waals surface area contributed by atoms with Gasteiger partial charge in [0.1, 0.15) is 46.0 Å². The molecule has 0 saturated carbocycles. The Morgan fingerprint density at radius 1 is 0.180 bits per heavy atom. The van der Waals surface area contributed by atoms with Gasteiger partial charge in [-0.1, -0.05) is 194 Å². The molecule has 500 valence electrons. The third-order valence-corrected chi connectivity index (χ3v) is 17.9. The Bertz CT molecular complexity index is 4270. The fourth-order valence-corrected chi connectivity index (χ4v) is 12.8. The number of para-hydroxylation sites is 4. The van der Waals surface area contributed by atoms with Crippen LogP contribution in [-0.2, 0) is 0 Å². The van der Waals surface area contributed by atoms with E-state index in [0.717, 1.165) is 43.1 Å². The van der Waals surface area contributed by atoms with E-state index >= 15 is 0 Å². The Hall–Kier alpha value is -12.8. The topological polar surface area (TPSA) is 168 Å². The number of rotatable bonds is 24. The minimum atomic E-state index is -0.818. The number of carbonyl (C=O) groups is 4. The molecule has 0 spiro atoms. The van der Waals surface area contributed by atoms with Crippen LogP contribution in [-0.4, -0.2) is 142 Å². The summed E-state index contributed by atoms with van der Waals surface area (Å²) < 4.78 is 49.4. The highest BCUT2D eigenvalue weighted by Gasteiger charge is 2.62. The van der Waals surface area contributed by atoms with Crippen molar-refractivity contribution < 1.29 is 57.1 Å². The van der Waals surface area contributed by atoms with Gasteiger partial charge in [-0.2, -0.15) is 0 Å². The Morgan fingerprint density at radius 3 is 0.530 bits per heavy atom. The fraction of sp³-hybridized carbons (Fsp3) is 0.150. The SMILES string of the molecule is O=C1N(COc2ccc3ccccc3c2)C2C(N1COc1ccc3ccccc3c1)N(COc1ccc3ccccc3c1)C(=O)N2COc1ccc2ccccc2c1.O=C1N(COc2ccccc2)C2C(N1COc1ccccc1)N(COc1ccccc1)C(=O)N2COc1ccccc1. The summed E-state index contributed by atoms with van der Waals surface area (Å²) in [7, 11) is 0. The van der Waals surface area contributed by atoms with E-state index in [2.05, 4.69) is 0 Å². The van der Waals surface area contributed by atoms with Gasteiger partial charge < -0.3 is 37.9 Å². The second kappa shape index (κ2) is 28.9. The van der Waals surface area contributed by atoms with Crippen LogP contribution in [0, 0.1) is 0 Å². The Labute approximate surface area is 576 Å². The molecule has 100 heavy (non-hydrogen) atoms. The first-order valence-electron chi connectivity index (χ1n) is 32.7. The largest absolute Gasteiger partial charge is 0.473 e. The van der Waals surface area contributed by atoms with Crippen LogP contribution in [0.5, 0.6) is 46.0 Å². The number of carbonyl (C=O) groups excluding carboxylic acids is 4. The highest BCUT2D eigenvalue weighted by Crippen LogP contribution is 2.39. The molecule has 0 aliphatic carbocycles. The summed E-state index contributed by atoms with van der Waals surface area (Å²) in [6.45, 7) is -0.896. The number of amides is 8. The molecule has 4 saturated heterocycles. The molecule has 12 aromatic rings. The van der Waals surface area contributed by atoms with E-state index in [0.29, 0.717) is 46.0 Å². The lowest BCUT2D eigenvalue weighted by Gasteiger charge is -2.29. The maximum Gasteiger partial charge on any atom is 0.328 e. The molecule has 0 N–H and O–H groups in total. The van der Waals surface area contributed by atoms with Crippen LogP contribution in [0.3, 0.4) is 0 Å². The van der Waals surface area contributed by atoms with Crippen LogP contribution < -0.4 is 37.9 Å². The third-order valence-electron chi connectivity index (χ3n) is 17.9. The van der Waals surface area contributed by atoms with Gasteiger partial charge in [0.15, 0.2) is 78.5 Å². The first-order chi connectivity index (χ1) is 49.2. The highest BCUT2D eigenvalue weighted by atomic mass is 16.5. The van der Waals surface area contributed by atoms with Gasteiger partial charge in [0.2, 0.25) is 0 Å². The summed E-state index contributed by atoms with van der Waals surface area (Å²) in [5.74, 6) is 4.76. The summed E-state index contributed by atoms with van der Waals surface area (Å²) in [4.78, 5) is 69.5. The van der Waals surface area contributed by atoms with Crippen LogP contribution >= 0.6 is 0 Å². The molecule has 8 amide bonds. The Balaban J connectivity index is 0.000000171. The minimum Gasteiger partial charge on any atom is -0.473 e. The highest BCUT2D eigenvalue weighted by molar-refractivity contribution is 5.89. The number of hydrogen-bond acceptors (Lipinski definition) is 12. The summed E-state index contributed by atoms with van der Waals surface area (Å²) in [5.41, 5.74) is 0. The molecule has 4 heterocycles. The van der Waals surface area contributed by atoms with Crippen molar-refractivity contribution in [1.29, 1.82) is 0 Å². The molecule has 12 aromatic carbocycles. The zero-order valence-electron chi connectivity index (χ0n) is 54.2. The van der Waals surface area contributed by atoms with Gasteiger partial charge in [0.25, 0.3) is 0 Å². The molecule has 16 rings (SSSR count). The molecular formula is C80H68N8O12. The lowest BCUT2D eigenvalue weighted by atomic mass is 10.1. The van der Waals surface area contributed by atoms with Crippen molar-refractivity contribution in [1.82, 2.24) is 39.2 Å². The standard InChI is InChI=1S/C48H38N4O6.C32H30N4O6/c53-47-49(29-55-41-21-17-33-9-1-5-13-37(33)25-41)45-46(51(47)31-57-43-23-19-35-11-3-7-15-39(35)27-43)52(32-58-44-24-20-36-12-4-8-16-40(36)28-44)48(54)50(45)30-56-42-22-18-34-10-2-6-14-38(34)26-42;37-31-33(21-39-25-13-5-1-6-14-25)29-30(35(31)23-41-27-17-9-3-10-18-27)36(24-42-28-19-11-4-12-20-28)32(38)34(29)22-40-26-15-7-2-8-16-26/h1-28,45-46H,29-32H2;1-20,29-30H,21-24H2. The normalized spacial score (nSPS) is 17.0. The predicted octanol–water partition coefficient (Wildman–Crippen LogP) is 15.1. The van der Waals surface area contributed by atoms with Crippen LogP contribution in [0.15, 0.2) is 291 Å². The van der Waals surface area contributed by atoms with Gasteiger partial charge in [-0.15, -0.1) is 0 Å². The fourth-order valence-electron chi connectivity index (χ4n) is 12.8. The average molecular weight is 1330 g/mol. The maximum absolute atomic E-state index is 14.7. The van der Waals surface area contributed by atoms with Crippen LogP contribution in [0.4, 0.5) is 19.2 Å². The van der Waals surface area contributed by atoms with Crippen LogP contribution in [0.2, 0.25) is 0 Å². The van der Waals surface area contributed by atoms with Gasteiger partial charge in [-0.3, -0.25) is 39.2 Å². The molecule has 4 fully saturated rings. The lowest BCUT2D eigenvalue weighted by molar-refractivity contribution is 0.0277. The third kappa shape index (κ3) is 13.5. The average Bonchev–Trinajstić information content (AvgIpc) is 1.58. The predicted molar refractivity (Wildman–Crippen MR) is 377 cm³/mol. The second-order valence-corrected chi connectivity index (χ2v) is 24.0. The molecule has 4 aliphatic heterocycles. The molecule has 20 heteroatoms. The van der Waals surface area contributed by atoms with Gasteiger partial charge in [-0.05, 0) is 140 Å². The number of benzene rings is 12. The van der Waals surface area contributed by atoms with E-state index in [1.807, 2.05) is 291 Å². The van der Waals surface area contributed by atoms with E-state index in [-0.39, 0.29) is 78.0 Å². The molecule has 0 unspecified atom stereocenters. The van der Waals surface area contributed by atoms with Gasteiger partial charge >= 0.3 is 24.1 Å². The van der Waals surface area contributed by atoms with Crippen molar-refractivity contribution in [2.24, 2.45) is 0 Å². The summed E-state index contributed by atoms with van der Waals surface area (Å²) in [5, 5.41) is 8.33. The van der Waals surface area contributed by atoms with E-state index in [1.54, 1.807) is 19.6 Å². The Kier molecular flexibility index (Phi) is 18.2. The number of ether oxygens (including phenoxy) is 8. The maximum atomic E-state index is 14.7. The number of nitrogens with zero attached hydrogens (tertiary/aromatic N) is 8. The van der Waals surface area contributed by atoms with E-state index < -0.39 is 24.7 Å². The monoisotopic (exact) mass is 1330 g/mol. The zero-order chi connectivity index (χ0) is 67.7.